The second-order valence-electron chi connectivity index (χ2n) is 3.91. The van der Waals surface area contributed by atoms with E-state index in [-0.39, 0.29) is 16.6 Å². The second-order valence-corrected chi connectivity index (χ2v) is 6.61. The smallest absolute Gasteiger partial charge is 0.352 e. The molecule has 0 aliphatic rings. The summed E-state index contributed by atoms with van der Waals surface area (Å²) in [6.07, 6.45) is 1.16. The fourth-order valence-corrected chi connectivity index (χ4v) is 3.57. The summed E-state index contributed by atoms with van der Waals surface area (Å²) >= 11 is 1.45. The lowest BCUT2D eigenvalue weighted by molar-refractivity contribution is 0.0691. The number of sulfonamides is 1. The fourth-order valence-electron chi connectivity index (χ4n) is 1.55. The third-order valence-corrected chi connectivity index (χ3v) is 5.07. The molecular weight excluding hydrogens is 288 g/mol. The van der Waals surface area contributed by atoms with Crippen LogP contribution in [0.25, 0.3) is 0 Å². The van der Waals surface area contributed by atoms with Gasteiger partial charge >= 0.3 is 5.97 Å². The van der Waals surface area contributed by atoms with Crippen LogP contribution in [0.3, 0.4) is 0 Å². The number of hydrogen-bond donors (Lipinski definition) is 3. The average molecular weight is 300 g/mol. The zero-order valence-corrected chi connectivity index (χ0v) is 11.6. The van der Waals surface area contributed by atoms with Gasteiger partial charge in [-0.2, -0.15) is 0 Å². The first-order valence-corrected chi connectivity index (χ1v) is 7.74. The quantitative estimate of drug-likeness (QED) is 0.784. The molecule has 0 aliphatic carbocycles. The minimum atomic E-state index is -3.74. The number of aromatic carboxylic acids is 1. The van der Waals surface area contributed by atoms with Gasteiger partial charge < -0.3 is 10.1 Å². The Hall–Kier alpha value is -1.64. The largest absolute Gasteiger partial charge is 0.477 e. The fraction of sp³-hybridized carbons (Fsp3) is 0.182. The molecule has 2 aromatic rings. The van der Waals surface area contributed by atoms with Gasteiger partial charge in [0.25, 0.3) is 0 Å². The van der Waals surface area contributed by atoms with Gasteiger partial charge in [-0.3, -0.25) is 0 Å². The number of rotatable bonds is 5. The maximum atomic E-state index is 12.1. The minimum absolute atomic E-state index is 0.0895. The Morgan fingerprint density at radius 2 is 2.26 bits per heavy atom. The normalized spacial score (nSPS) is 13.3. The van der Waals surface area contributed by atoms with Crippen molar-refractivity contribution in [3.05, 3.63) is 40.3 Å². The SMILES string of the molecule is C[C@@H](NS(=O)(=O)c1c[nH]c(C(=O)O)c1)c1cccs1. The summed E-state index contributed by atoms with van der Waals surface area (Å²) in [7, 11) is -3.74. The predicted octanol–water partition coefficient (Wildman–Crippen LogP) is 1.81. The highest BCUT2D eigenvalue weighted by molar-refractivity contribution is 7.89. The average Bonchev–Trinajstić information content (AvgIpc) is 3.00. The van der Waals surface area contributed by atoms with Crippen molar-refractivity contribution in [1.82, 2.24) is 9.71 Å². The first-order valence-electron chi connectivity index (χ1n) is 5.37. The van der Waals surface area contributed by atoms with Crippen LogP contribution in [0, 0.1) is 0 Å². The van der Waals surface area contributed by atoms with Crippen LogP contribution in [0.1, 0.15) is 28.3 Å². The summed E-state index contributed by atoms with van der Waals surface area (Å²) in [5, 5.41) is 10.6. The summed E-state index contributed by atoms with van der Waals surface area (Å²) < 4.78 is 26.6. The minimum Gasteiger partial charge on any atom is -0.477 e. The predicted molar refractivity (Wildman–Crippen MR) is 70.8 cm³/mol. The Labute approximate surface area is 114 Å². The molecule has 0 fully saturated rings. The van der Waals surface area contributed by atoms with Gasteiger partial charge in [0.15, 0.2) is 0 Å². The molecule has 102 valence electrons. The van der Waals surface area contributed by atoms with Gasteiger partial charge in [0.1, 0.15) is 10.6 Å². The summed E-state index contributed by atoms with van der Waals surface area (Å²) in [5.41, 5.74) is -0.163. The molecule has 0 aliphatic heterocycles. The van der Waals surface area contributed by atoms with Gasteiger partial charge in [0.05, 0.1) is 6.04 Å². The third-order valence-electron chi connectivity index (χ3n) is 2.50. The standard InChI is InChI=1S/C11H12N2O4S2/c1-7(10-3-2-4-18-10)13-19(16,17)8-5-9(11(14)15)12-6-8/h2-7,12-13H,1H3,(H,14,15)/t7-/m1/s1. The van der Waals surface area contributed by atoms with Crippen LogP contribution in [0.5, 0.6) is 0 Å². The van der Waals surface area contributed by atoms with Crippen molar-refractivity contribution in [2.24, 2.45) is 0 Å². The van der Waals surface area contributed by atoms with Crippen molar-refractivity contribution < 1.29 is 18.3 Å². The molecule has 0 spiro atoms. The Bertz CT molecular complexity index is 673. The highest BCUT2D eigenvalue weighted by atomic mass is 32.2. The van der Waals surface area contributed by atoms with E-state index in [4.69, 9.17) is 5.11 Å². The number of H-pyrrole nitrogens is 1. The number of carbonyl (C=O) groups is 1. The maximum Gasteiger partial charge on any atom is 0.352 e. The van der Waals surface area contributed by atoms with Crippen molar-refractivity contribution >= 4 is 27.3 Å². The van der Waals surface area contributed by atoms with Gasteiger partial charge in [0.2, 0.25) is 10.0 Å². The van der Waals surface area contributed by atoms with Crippen molar-refractivity contribution in [1.29, 1.82) is 0 Å². The summed E-state index contributed by atoms with van der Waals surface area (Å²) in [5.74, 6) is -1.20. The Morgan fingerprint density at radius 1 is 1.53 bits per heavy atom. The lowest BCUT2D eigenvalue weighted by atomic mass is 10.3. The lowest BCUT2D eigenvalue weighted by Crippen LogP contribution is -2.26. The molecule has 1 atom stereocenters. The van der Waals surface area contributed by atoms with E-state index in [1.807, 2.05) is 17.5 Å². The van der Waals surface area contributed by atoms with Crippen molar-refractivity contribution in [2.45, 2.75) is 17.9 Å². The van der Waals surface area contributed by atoms with Crippen molar-refractivity contribution in [3.63, 3.8) is 0 Å². The highest BCUT2D eigenvalue weighted by Gasteiger charge is 2.21. The van der Waals surface area contributed by atoms with Gasteiger partial charge in [-0.15, -0.1) is 11.3 Å². The van der Waals surface area contributed by atoms with E-state index in [1.54, 1.807) is 6.92 Å². The summed E-state index contributed by atoms with van der Waals surface area (Å²) in [4.78, 5) is 13.9. The molecule has 3 N–H and O–H groups in total. The molecule has 2 rings (SSSR count). The highest BCUT2D eigenvalue weighted by Crippen LogP contribution is 2.21. The van der Waals surface area contributed by atoms with Crippen molar-refractivity contribution in [3.8, 4) is 0 Å². The van der Waals surface area contributed by atoms with E-state index in [2.05, 4.69) is 9.71 Å². The van der Waals surface area contributed by atoms with E-state index in [9.17, 15) is 13.2 Å². The van der Waals surface area contributed by atoms with Crippen LogP contribution in [0.15, 0.2) is 34.7 Å². The number of carboxylic acid groups (broad SMARTS) is 1. The zero-order chi connectivity index (χ0) is 14.0. The molecule has 6 nitrogen and oxygen atoms in total. The van der Waals surface area contributed by atoms with E-state index in [0.717, 1.165) is 17.1 Å². The first-order chi connectivity index (χ1) is 8.90. The van der Waals surface area contributed by atoms with Crippen LogP contribution < -0.4 is 4.72 Å². The Morgan fingerprint density at radius 3 is 2.79 bits per heavy atom. The second kappa shape index (κ2) is 5.16. The molecule has 0 radical (unpaired) electrons. The first kappa shape index (κ1) is 13.8. The van der Waals surface area contributed by atoms with Gasteiger partial charge in [0, 0.05) is 11.1 Å². The van der Waals surface area contributed by atoms with E-state index in [1.165, 1.54) is 11.3 Å². The topological polar surface area (TPSA) is 99.3 Å². The number of aromatic nitrogens is 1. The molecule has 0 aromatic carbocycles. The summed E-state index contributed by atoms with van der Waals surface area (Å²) in [6, 6.07) is 4.39. The van der Waals surface area contributed by atoms with Crippen LogP contribution in [0.2, 0.25) is 0 Å². The molecule has 0 unspecified atom stereocenters. The van der Waals surface area contributed by atoms with Crippen molar-refractivity contribution in [2.75, 3.05) is 0 Å². The number of thiophene rings is 1. The van der Waals surface area contributed by atoms with Gasteiger partial charge in [-0.25, -0.2) is 17.9 Å². The molecule has 8 heteroatoms. The molecule has 0 amide bonds. The van der Waals surface area contributed by atoms with E-state index in [0.29, 0.717) is 0 Å². The maximum absolute atomic E-state index is 12.1. The summed E-state index contributed by atoms with van der Waals surface area (Å²) in [6.45, 7) is 1.73. The molecule has 0 saturated heterocycles. The number of aromatic amines is 1. The Balaban J connectivity index is 2.20. The van der Waals surface area contributed by atoms with Crippen LogP contribution in [0.4, 0.5) is 0 Å². The molecule has 0 saturated carbocycles. The monoisotopic (exact) mass is 300 g/mol. The number of carboxylic acids is 1. The Kier molecular flexibility index (Phi) is 3.74. The van der Waals surface area contributed by atoms with Crippen LogP contribution in [-0.2, 0) is 10.0 Å². The number of nitrogens with one attached hydrogen (secondary N) is 2. The molecule has 0 bridgehead atoms. The van der Waals surface area contributed by atoms with E-state index < -0.39 is 16.0 Å². The van der Waals surface area contributed by atoms with Gasteiger partial charge in [-0.1, -0.05) is 6.07 Å². The lowest BCUT2D eigenvalue weighted by Gasteiger charge is -2.11. The zero-order valence-electron chi connectivity index (χ0n) is 9.95. The van der Waals surface area contributed by atoms with Crippen LogP contribution >= 0.6 is 11.3 Å². The molecule has 19 heavy (non-hydrogen) atoms. The molecular formula is C11H12N2O4S2. The van der Waals surface area contributed by atoms with Gasteiger partial charge in [-0.05, 0) is 24.4 Å². The number of hydrogen-bond acceptors (Lipinski definition) is 4. The van der Waals surface area contributed by atoms with E-state index >= 15 is 0 Å². The molecule has 2 aromatic heterocycles. The van der Waals surface area contributed by atoms with Crippen LogP contribution in [-0.4, -0.2) is 24.5 Å². The molecule has 2 heterocycles. The third kappa shape index (κ3) is 3.03.